The van der Waals surface area contributed by atoms with Crippen molar-refractivity contribution in [3.05, 3.63) is 59.7 Å². The second-order valence-electron chi connectivity index (χ2n) is 13.9. The first-order valence-corrected chi connectivity index (χ1v) is 18.1. The molecule has 0 bridgehead atoms. The van der Waals surface area contributed by atoms with Gasteiger partial charge in [0.1, 0.15) is 5.78 Å². The van der Waals surface area contributed by atoms with Gasteiger partial charge in [-0.25, -0.2) is 28.8 Å². The summed E-state index contributed by atoms with van der Waals surface area (Å²) in [7, 11) is 11.8. The third-order valence-corrected chi connectivity index (χ3v) is 9.98. The number of aliphatic hydroxyl groups is 1. The van der Waals surface area contributed by atoms with E-state index in [1.54, 1.807) is 36.4 Å². The van der Waals surface area contributed by atoms with Crippen LogP contribution in [-0.4, -0.2) is 121 Å². The van der Waals surface area contributed by atoms with Crippen LogP contribution in [0.2, 0.25) is 0 Å². The Morgan fingerprint density at radius 2 is 0.964 bits per heavy atom. The molecule has 0 spiro atoms. The molecule has 1 N–H and O–H groups in total. The van der Waals surface area contributed by atoms with E-state index in [0.29, 0.717) is 38.5 Å². The molecule has 16 nitrogen and oxygen atoms in total. The fraction of sp³-hybridized carbons (Fsp3) is 0.525. The topological polar surface area (TPSA) is 202 Å². The van der Waals surface area contributed by atoms with Gasteiger partial charge >= 0.3 is 47.0 Å². The van der Waals surface area contributed by atoms with Crippen molar-refractivity contribution in [1.29, 1.82) is 0 Å². The van der Waals surface area contributed by atoms with Crippen LogP contribution in [0.5, 0.6) is 0 Å². The molecule has 0 unspecified atom stereocenters. The molecule has 2 aromatic rings. The van der Waals surface area contributed by atoms with Gasteiger partial charge in [0.25, 0.3) is 0 Å². The number of aliphatic hydroxyl groups excluding tert-OH is 1. The van der Waals surface area contributed by atoms with E-state index in [1.807, 2.05) is 38.0 Å². The molecule has 2 saturated carbocycles. The van der Waals surface area contributed by atoms with Crippen LogP contribution in [-0.2, 0) is 52.4 Å². The predicted octanol–water partition coefficient (Wildman–Crippen LogP) is 3.30. The van der Waals surface area contributed by atoms with E-state index in [1.165, 1.54) is 12.1 Å². The lowest BCUT2D eigenvalue weighted by atomic mass is 9.75. The van der Waals surface area contributed by atoms with Gasteiger partial charge in [-0.15, -0.1) is 0 Å². The van der Waals surface area contributed by atoms with Gasteiger partial charge in [0.15, 0.2) is 0 Å². The molecule has 0 aliphatic heterocycles. The van der Waals surface area contributed by atoms with Crippen molar-refractivity contribution in [3.8, 4) is 0 Å². The van der Waals surface area contributed by atoms with Crippen LogP contribution in [0.15, 0.2) is 48.5 Å². The number of benzene rings is 2. The van der Waals surface area contributed by atoms with Gasteiger partial charge in [0.05, 0.1) is 45.7 Å². The van der Waals surface area contributed by atoms with E-state index in [9.17, 15) is 38.7 Å². The van der Waals surface area contributed by atoms with Crippen LogP contribution in [0.1, 0.15) is 72.1 Å². The second-order valence-corrected chi connectivity index (χ2v) is 13.9. The van der Waals surface area contributed by atoms with Crippen LogP contribution < -0.4 is 9.80 Å². The number of carbonyl (C=O) groups excluding carboxylic acids is 7. The number of carbonyl (C=O) groups is 7. The largest absolute Gasteiger partial charge is 0.466 e. The molecule has 0 aromatic heterocycles. The highest BCUT2D eigenvalue weighted by molar-refractivity contribution is 6.08. The van der Waals surface area contributed by atoms with Crippen molar-refractivity contribution >= 4 is 53.0 Å². The van der Waals surface area contributed by atoms with E-state index in [-0.39, 0.29) is 29.8 Å². The van der Waals surface area contributed by atoms with Crippen molar-refractivity contribution in [2.24, 2.45) is 11.8 Å². The summed E-state index contributed by atoms with van der Waals surface area (Å²) < 4.78 is 30.1. The summed E-state index contributed by atoms with van der Waals surface area (Å²) in [6.07, 6.45) is 2.07. The maximum atomic E-state index is 12.8. The molecule has 2 fully saturated rings. The molecule has 3 atom stereocenters. The van der Waals surface area contributed by atoms with Crippen LogP contribution >= 0.6 is 0 Å². The summed E-state index contributed by atoms with van der Waals surface area (Å²) in [4.78, 5) is 91.8. The summed E-state index contributed by atoms with van der Waals surface area (Å²) in [5.41, 5.74) is -2.51. The molecule has 306 valence electrons. The van der Waals surface area contributed by atoms with Gasteiger partial charge in [0, 0.05) is 64.2 Å². The second kappa shape index (κ2) is 19.9. The summed E-state index contributed by atoms with van der Waals surface area (Å²) >= 11 is 0. The number of rotatable bonds is 12. The highest BCUT2D eigenvalue weighted by Crippen LogP contribution is 2.39. The minimum Gasteiger partial charge on any atom is -0.466 e. The Balaban J connectivity index is 0.000000300. The molecule has 4 rings (SSSR count). The number of Topliss-reactive ketones (excluding diaryl/α,β-unsaturated/α-hetero) is 1. The summed E-state index contributed by atoms with van der Waals surface area (Å²) in [6.45, 7) is 0. The lowest BCUT2D eigenvalue weighted by Gasteiger charge is -2.38. The average Bonchev–Trinajstić information content (AvgIpc) is 3.20. The molecular formula is C40H52N2O14. The fourth-order valence-corrected chi connectivity index (χ4v) is 6.88. The molecule has 2 aromatic carbocycles. The van der Waals surface area contributed by atoms with Gasteiger partial charge in [-0.1, -0.05) is 6.42 Å². The quantitative estimate of drug-likeness (QED) is 0.186. The number of ether oxygens (including phenoxy) is 6. The van der Waals surface area contributed by atoms with Gasteiger partial charge in [-0.2, -0.15) is 0 Å². The number of esters is 6. The van der Waals surface area contributed by atoms with Gasteiger partial charge in [0.2, 0.25) is 0 Å². The summed E-state index contributed by atoms with van der Waals surface area (Å²) in [6, 6.07) is 13.0. The molecule has 0 amide bonds. The highest BCUT2D eigenvalue weighted by atomic mass is 16.6. The first kappa shape index (κ1) is 44.9. The number of hydrogen-bond donors (Lipinski definition) is 1. The van der Waals surface area contributed by atoms with Gasteiger partial charge in [-0.05, 0) is 80.6 Å². The molecule has 2 aliphatic rings. The normalized spacial score (nSPS) is 18.2. The zero-order chi connectivity index (χ0) is 41.8. The van der Waals surface area contributed by atoms with Crippen LogP contribution in [0.3, 0.4) is 0 Å². The lowest BCUT2D eigenvalue weighted by Crippen LogP contribution is -2.58. The number of ketones is 1. The van der Waals surface area contributed by atoms with Crippen molar-refractivity contribution in [3.63, 3.8) is 0 Å². The Hall–Kier alpha value is -5.51. The van der Waals surface area contributed by atoms with E-state index in [2.05, 4.69) is 0 Å². The van der Waals surface area contributed by atoms with Gasteiger partial charge in [-0.3, -0.25) is 4.79 Å². The van der Waals surface area contributed by atoms with Crippen LogP contribution in [0, 0.1) is 11.8 Å². The number of hydrogen-bond acceptors (Lipinski definition) is 16. The highest BCUT2D eigenvalue weighted by Gasteiger charge is 2.60. The standard InChI is InChI=1S/C20H27NO7.C20H25NO7/c2*1-21(2)15-10-8-13(9-11-15)17(23)28-20(18(24)26-3,19(25)27-4)14-6-5-7-16(22)12-14/h8-11,14,16,22H,5-7,12H2,1-4H3;8-11,14H,5-7,12H2,1-4H3/t14-,16-;14-/m00/s1. The maximum absolute atomic E-state index is 12.8. The first-order valence-electron chi connectivity index (χ1n) is 18.1. The lowest BCUT2D eigenvalue weighted by molar-refractivity contribution is -0.191. The number of nitrogens with zero attached hydrogens (tertiary/aromatic N) is 2. The molecule has 0 heterocycles. The third kappa shape index (κ3) is 10.0. The van der Waals surface area contributed by atoms with Crippen molar-refractivity contribution in [1.82, 2.24) is 0 Å². The Bertz CT molecular complexity index is 1690. The first-order chi connectivity index (χ1) is 26.5. The molecule has 56 heavy (non-hydrogen) atoms. The molecule has 2 aliphatic carbocycles. The molecule has 0 saturated heterocycles. The zero-order valence-electron chi connectivity index (χ0n) is 33.2. The van der Waals surface area contributed by atoms with Crippen LogP contribution in [0.4, 0.5) is 11.4 Å². The Morgan fingerprint density at radius 1 is 0.589 bits per heavy atom. The number of anilines is 2. The SMILES string of the molecule is COC(=O)C(OC(=O)c1ccc(N(C)C)cc1)(C(=O)OC)[C@H]1CCCC(=O)C1.COC(=O)C(OC(=O)c1ccc(N(C)C)cc1)(C(=O)OC)[C@H]1CCC[C@H](O)C1. The average molecular weight is 785 g/mol. The maximum Gasteiger partial charge on any atom is 0.362 e. The number of methoxy groups -OCH3 is 4. The minimum atomic E-state index is -2.32. The molecular weight excluding hydrogens is 732 g/mol. The van der Waals surface area contributed by atoms with Crippen molar-refractivity contribution in [2.45, 2.75) is 68.7 Å². The van der Waals surface area contributed by atoms with E-state index < -0.39 is 65.0 Å². The molecule has 16 heteroatoms. The monoisotopic (exact) mass is 784 g/mol. The Morgan fingerprint density at radius 3 is 1.30 bits per heavy atom. The third-order valence-electron chi connectivity index (χ3n) is 9.98. The van der Waals surface area contributed by atoms with E-state index in [4.69, 9.17) is 28.4 Å². The van der Waals surface area contributed by atoms with Crippen LogP contribution in [0.25, 0.3) is 0 Å². The van der Waals surface area contributed by atoms with Gasteiger partial charge < -0.3 is 43.3 Å². The van der Waals surface area contributed by atoms with Crippen molar-refractivity contribution in [2.75, 3.05) is 66.4 Å². The van der Waals surface area contributed by atoms with E-state index in [0.717, 1.165) is 39.8 Å². The van der Waals surface area contributed by atoms with Crippen molar-refractivity contribution < 1.29 is 67.1 Å². The fourth-order valence-electron chi connectivity index (χ4n) is 6.88. The summed E-state index contributed by atoms with van der Waals surface area (Å²) in [5.74, 6) is -7.58. The van der Waals surface area contributed by atoms with E-state index >= 15 is 0 Å². The Labute approximate surface area is 326 Å². The smallest absolute Gasteiger partial charge is 0.362 e. The Kier molecular flexibility index (Phi) is 15.9. The minimum absolute atomic E-state index is 0.0724. The summed E-state index contributed by atoms with van der Waals surface area (Å²) in [5, 5.41) is 10.0. The molecule has 0 radical (unpaired) electrons. The predicted molar refractivity (Wildman–Crippen MR) is 201 cm³/mol. The zero-order valence-corrected chi connectivity index (χ0v) is 33.2.